The SMILES string of the molecule is CC1CC(C)(C)CC1Nc1cccc2cc(Br)cnc12. The molecule has 0 amide bonds. The van der Waals surface area contributed by atoms with Crippen molar-refractivity contribution in [2.75, 3.05) is 5.32 Å². The lowest BCUT2D eigenvalue weighted by molar-refractivity contribution is 0.366. The number of fused-ring (bicyclic) bond motifs is 1. The lowest BCUT2D eigenvalue weighted by Gasteiger charge is -2.20. The Bertz CT molecular complexity index is 636. The minimum absolute atomic E-state index is 0.443. The number of halogens is 1. The summed E-state index contributed by atoms with van der Waals surface area (Å²) in [6.07, 6.45) is 4.38. The summed E-state index contributed by atoms with van der Waals surface area (Å²) in [5.74, 6) is 0.704. The second-order valence-corrected chi connectivity index (χ2v) is 7.75. The summed E-state index contributed by atoms with van der Waals surface area (Å²) in [6, 6.07) is 9.02. The summed E-state index contributed by atoms with van der Waals surface area (Å²) in [5.41, 5.74) is 2.66. The molecular weight excluding hydrogens is 312 g/mol. The molecule has 1 aromatic heterocycles. The van der Waals surface area contributed by atoms with Crippen LogP contribution in [0.5, 0.6) is 0 Å². The number of pyridine rings is 1. The zero-order chi connectivity index (χ0) is 14.3. The predicted octanol–water partition coefficient (Wildman–Crippen LogP) is 5.23. The number of anilines is 1. The second-order valence-electron chi connectivity index (χ2n) is 6.83. The highest BCUT2D eigenvalue weighted by atomic mass is 79.9. The molecule has 2 atom stereocenters. The van der Waals surface area contributed by atoms with E-state index in [9.17, 15) is 0 Å². The Balaban J connectivity index is 1.92. The maximum atomic E-state index is 4.57. The van der Waals surface area contributed by atoms with Crippen molar-refractivity contribution in [3.8, 4) is 0 Å². The number of aromatic nitrogens is 1. The molecule has 1 saturated carbocycles. The molecule has 3 rings (SSSR count). The van der Waals surface area contributed by atoms with Crippen molar-refractivity contribution in [1.82, 2.24) is 4.98 Å². The van der Waals surface area contributed by atoms with E-state index in [1.165, 1.54) is 18.2 Å². The van der Waals surface area contributed by atoms with Crippen molar-refractivity contribution < 1.29 is 0 Å². The lowest BCUT2D eigenvalue weighted by Crippen LogP contribution is -2.22. The van der Waals surface area contributed by atoms with Crippen LogP contribution < -0.4 is 5.32 Å². The third-order valence-electron chi connectivity index (χ3n) is 4.35. The Hall–Kier alpha value is -1.09. The van der Waals surface area contributed by atoms with Gasteiger partial charge in [-0.15, -0.1) is 0 Å². The van der Waals surface area contributed by atoms with Gasteiger partial charge in [-0.2, -0.15) is 0 Å². The van der Waals surface area contributed by atoms with Gasteiger partial charge in [0.2, 0.25) is 0 Å². The van der Waals surface area contributed by atoms with Crippen LogP contribution in [0.3, 0.4) is 0 Å². The summed E-state index contributed by atoms with van der Waals surface area (Å²) in [5, 5.41) is 4.91. The number of hydrogen-bond acceptors (Lipinski definition) is 2. The fraction of sp³-hybridized carbons (Fsp3) is 0.471. The summed E-state index contributed by atoms with van der Waals surface area (Å²) < 4.78 is 1.03. The fourth-order valence-electron chi connectivity index (χ4n) is 3.54. The summed E-state index contributed by atoms with van der Waals surface area (Å²) in [4.78, 5) is 4.57. The number of rotatable bonds is 2. The molecule has 1 aliphatic rings. The third kappa shape index (κ3) is 2.69. The largest absolute Gasteiger partial charge is 0.380 e. The molecular formula is C17H21BrN2. The van der Waals surface area contributed by atoms with E-state index >= 15 is 0 Å². The van der Waals surface area contributed by atoms with E-state index in [-0.39, 0.29) is 0 Å². The van der Waals surface area contributed by atoms with Gasteiger partial charge in [0, 0.05) is 22.1 Å². The van der Waals surface area contributed by atoms with Gasteiger partial charge in [0.1, 0.15) is 0 Å². The smallest absolute Gasteiger partial charge is 0.0934 e. The molecule has 0 radical (unpaired) electrons. The van der Waals surface area contributed by atoms with Gasteiger partial charge in [-0.25, -0.2) is 0 Å². The standard InChI is InChI=1S/C17H21BrN2/c1-11-8-17(2,3)9-15(11)20-14-6-4-5-12-7-13(18)10-19-16(12)14/h4-7,10-11,15,20H,8-9H2,1-3H3. The molecule has 1 heterocycles. The third-order valence-corrected chi connectivity index (χ3v) is 4.79. The quantitative estimate of drug-likeness (QED) is 0.813. The zero-order valence-corrected chi connectivity index (χ0v) is 13.9. The van der Waals surface area contributed by atoms with Crippen molar-refractivity contribution in [3.05, 3.63) is 34.9 Å². The predicted molar refractivity (Wildman–Crippen MR) is 89.0 cm³/mol. The number of benzene rings is 1. The van der Waals surface area contributed by atoms with Crippen LogP contribution >= 0.6 is 15.9 Å². The molecule has 2 nitrogen and oxygen atoms in total. The second kappa shape index (κ2) is 5.03. The van der Waals surface area contributed by atoms with Gasteiger partial charge < -0.3 is 5.32 Å². The van der Waals surface area contributed by atoms with E-state index in [0.29, 0.717) is 17.4 Å². The summed E-state index contributed by atoms with van der Waals surface area (Å²) in [7, 11) is 0. The van der Waals surface area contributed by atoms with Crippen LogP contribution in [0, 0.1) is 11.3 Å². The molecule has 1 aromatic carbocycles. The Morgan fingerprint density at radius 2 is 2.10 bits per heavy atom. The molecule has 1 fully saturated rings. The highest BCUT2D eigenvalue weighted by molar-refractivity contribution is 9.10. The van der Waals surface area contributed by atoms with E-state index in [0.717, 1.165) is 15.7 Å². The zero-order valence-electron chi connectivity index (χ0n) is 12.3. The van der Waals surface area contributed by atoms with E-state index in [1.54, 1.807) is 0 Å². The van der Waals surface area contributed by atoms with Gasteiger partial charge in [0.15, 0.2) is 0 Å². The van der Waals surface area contributed by atoms with E-state index in [2.05, 4.69) is 71.3 Å². The first-order chi connectivity index (χ1) is 9.44. The van der Waals surface area contributed by atoms with Gasteiger partial charge >= 0.3 is 0 Å². The van der Waals surface area contributed by atoms with Crippen LogP contribution in [0.4, 0.5) is 5.69 Å². The van der Waals surface area contributed by atoms with Gasteiger partial charge in [-0.3, -0.25) is 4.98 Å². The Kier molecular flexibility index (Phi) is 3.49. The summed E-state index contributed by atoms with van der Waals surface area (Å²) in [6.45, 7) is 7.08. The van der Waals surface area contributed by atoms with Crippen LogP contribution in [0.1, 0.15) is 33.6 Å². The van der Waals surface area contributed by atoms with Crippen LogP contribution in [0.25, 0.3) is 10.9 Å². The van der Waals surface area contributed by atoms with E-state index in [1.807, 2.05) is 6.20 Å². The van der Waals surface area contributed by atoms with Crippen LogP contribution in [0.15, 0.2) is 34.9 Å². The van der Waals surface area contributed by atoms with Crippen molar-refractivity contribution in [1.29, 1.82) is 0 Å². The summed E-state index contributed by atoms with van der Waals surface area (Å²) >= 11 is 3.49. The molecule has 20 heavy (non-hydrogen) atoms. The number of para-hydroxylation sites is 1. The molecule has 1 aliphatic carbocycles. The highest BCUT2D eigenvalue weighted by Crippen LogP contribution is 2.42. The van der Waals surface area contributed by atoms with Crippen molar-refractivity contribution >= 4 is 32.5 Å². The molecule has 3 heteroatoms. The fourth-order valence-corrected chi connectivity index (χ4v) is 3.89. The van der Waals surface area contributed by atoms with Gasteiger partial charge in [0.05, 0.1) is 11.2 Å². The minimum Gasteiger partial charge on any atom is -0.380 e. The maximum Gasteiger partial charge on any atom is 0.0934 e. The van der Waals surface area contributed by atoms with Crippen molar-refractivity contribution in [2.45, 2.75) is 39.7 Å². The Labute approximate surface area is 129 Å². The number of hydrogen-bond donors (Lipinski definition) is 1. The topological polar surface area (TPSA) is 24.9 Å². The molecule has 2 aromatic rings. The maximum absolute atomic E-state index is 4.57. The molecule has 106 valence electrons. The first kappa shape index (κ1) is 13.9. The Morgan fingerprint density at radius 3 is 2.80 bits per heavy atom. The first-order valence-corrected chi connectivity index (χ1v) is 8.05. The van der Waals surface area contributed by atoms with Gasteiger partial charge in [0.25, 0.3) is 0 Å². The Morgan fingerprint density at radius 1 is 1.30 bits per heavy atom. The lowest BCUT2D eigenvalue weighted by atomic mass is 9.91. The van der Waals surface area contributed by atoms with Crippen LogP contribution in [-0.4, -0.2) is 11.0 Å². The van der Waals surface area contributed by atoms with Crippen LogP contribution in [0.2, 0.25) is 0 Å². The van der Waals surface area contributed by atoms with Crippen molar-refractivity contribution in [3.63, 3.8) is 0 Å². The molecule has 0 aliphatic heterocycles. The average molecular weight is 333 g/mol. The van der Waals surface area contributed by atoms with E-state index < -0.39 is 0 Å². The minimum atomic E-state index is 0.443. The molecule has 0 bridgehead atoms. The number of nitrogens with zero attached hydrogens (tertiary/aromatic N) is 1. The monoisotopic (exact) mass is 332 g/mol. The number of nitrogens with one attached hydrogen (secondary N) is 1. The first-order valence-electron chi connectivity index (χ1n) is 7.25. The average Bonchev–Trinajstić information content (AvgIpc) is 2.62. The molecule has 0 saturated heterocycles. The highest BCUT2D eigenvalue weighted by Gasteiger charge is 2.36. The van der Waals surface area contributed by atoms with Crippen LogP contribution in [-0.2, 0) is 0 Å². The van der Waals surface area contributed by atoms with Gasteiger partial charge in [-0.05, 0) is 52.2 Å². The van der Waals surface area contributed by atoms with Gasteiger partial charge in [-0.1, -0.05) is 32.9 Å². The van der Waals surface area contributed by atoms with E-state index in [4.69, 9.17) is 0 Å². The van der Waals surface area contributed by atoms with Crippen molar-refractivity contribution in [2.24, 2.45) is 11.3 Å². The molecule has 1 N–H and O–H groups in total. The molecule has 2 unspecified atom stereocenters. The molecule has 0 spiro atoms. The normalized spacial score (nSPS) is 25.0.